The van der Waals surface area contributed by atoms with E-state index in [1.165, 1.54) is 0 Å². The van der Waals surface area contributed by atoms with Gasteiger partial charge in [-0.25, -0.2) is 0 Å². The Bertz CT molecular complexity index is 952. The second-order valence-corrected chi connectivity index (χ2v) is 8.87. The number of nitrogens with one attached hydrogen (secondary N) is 2. The molecule has 0 bridgehead atoms. The van der Waals surface area contributed by atoms with Crippen molar-refractivity contribution >= 4 is 11.8 Å². The minimum atomic E-state index is -7.83. The van der Waals surface area contributed by atoms with Gasteiger partial charge in [-0.2, -0.15) is 96.6 Å². The van der Waals surface area contributed by atoms with Gasteiger partial charge in [0.15, 0.2) is 0 Å². The van der Waals surface area contributed by atoms with Gasteiger partial charge in [0.25, 0.3) is 11.8 Å². The minimum Gasteiger partial charge on any atom is -0.351 e. The number of halogens is 22. The smallest absolute Gasteiger partial charge is 0.351 e. The van der Waals surface area contributed by atoms with Crippen molar-refractivity contribution in [3.8, 4) is 0 Å². The molecule has 0 aromatic rings. The van der Waals surface area contributed by atoms with Gasteiger partial charge in [-0.05, 0) is 12.8 Å². The van der Waals surface area contributed by atoms with Crippen LogP contribution in [0.25, 0.3) is 0 Å². The van der Waals surface area contributed by atoms with Gasteiger partial charge in [0.2, 0.25) is 0 Å². The SMILES string of the molecule is O=C(NCCCCCCCNC(=O)C(F)(F)C(F)(F)C(F)(F)C(F)(F)C(F)(F)F)C(F)(F)C(F)(F)C(F)(F)C(F)(F)C(F)(F)F. The van der Waals surface area contributed by atoms with Crippen molar-refractivity contribution in [1.29, 1.82) is 0 Å². The van der Waals surface area contributed by atoms with E-state index in [1.54, 1.807) is 0 Å². The first-order chi connectivity index (χ1) is 19.5. The quantitative estimate of drug-likeness (QED) is 0.129. The molecule has 0 fully saturated rings. The third-order valence-corrected chi connectivity index (χ3v) is 5.57. The van der Waals surface area contributed by atoms with E-state index in [4.69, 9.17) is 0 Å². The summed E-state index contributed by atoms with van der Waals surface area (Å²) in [5.41, 5.74) is 0. The molecule has 0 saturated carbocycles. The average Bonchev–Trinajstić information content (AvgIpc) is 2.85. The lowest BCUT2D eigenvalue weighted by molar-refractivity contribution is -0.417. The van der Waals surface area contributed by atoms with E-state index in [-0.39, 0.29) is 19.3 Å². The molecule has 0 aromatic heterocycles. The first-order valence-corrected chi connectivity index (χ1v) is 11.3. The first kappa shape index (κ1) is 42.4. The van der Waals surface area contributed by atoms with Crippen LogP contribution in [0.2, 0.25) is 0 Å². The van der Waals surface area contributed by atoms with Gasteiger partial charge in [-0.15, -0.1) is 0 Å². The molecule has 0 aliphatic heterocycles. The standard InChI is InChI=1S/C19H16F22N2O2/c20-10(21,12(24,25)14(28,29)16(32,33)18(36,37)38)8(44)42-6-4-2-1-3-5-7-43-9(45)11(22,23)13(26,27)15(30,31)17(34,35)19(39,40)41/h1-7H2,(H,42,44)(H,43,45). The molecule has 26 heteroatoms. The monoisotopic (exact) mass is 722 g/mol. The van der Waals surface area contributed by atoms with Crippen molar-refractivity contribution in [2.45, 2.75) is 91.8 Å². The van der Waals surface area contributed by atoms with Crippen molar-refractivity contribution in [2.24, 2.45) is 0 Å². The molecular formula is C19H16F22N2O2. The largest absolute Gasteiger partial charge is 0.460 e. The summed E-state index contributed by atoms with van der Waals surface area (Å²) in [6, 6.07) is 0. The van der Waals surface area contributed by atoms with Gasteiger partial charge in [0.1, 0.15) is 0 Å². The second-order valence-electron chi connectivity index (χ2n) is 8.87. The number of alkyl halides is 22. The highest BCUT2D eigenvalue weighted by molar-refractivity contribution is 5.85. The van der Waals surface area contributed by atoms with Crippen LogP contribution >= 0.6 is 0 Å². The molecule has 0 heterocycles. The zero-order valence-electron chi connectivity index (χ0n) is 21.1. The predicted molar refractivity (Wildman–Crippen MR) is 101 cm³/mol. The highest BCUT2D eigenvalue weighted by Gasteiger charge is 2.89. The Kier molecular flexibility index (Phi) is 12.1. The van der Waals surface area contributed by atoms with E-state index in [0.717, 1.165) is 10.6 Å². The van der Waals surface area contributed by atoms with Crippen LogP contribution in [0.3, 0.4) is 0 Å². The highest BCUT2D eigenvalue weighted by atomic mass is 19.4. The molecule has 0 spiro atoms. The predicted octanol–water partition coefficient (Wildman–Crippen LogP) is 7.38. The van der Waals surface area contributed by atoms with Gasteiger partial charge in [0.05, 0.1) is 0 Å². The Morgan fingerprint density at radius 2 is 0.556 bits per heavy atom. The maximum atomic E-state index is 13.5. The van der Waals surface area contributed by atoms with Gasteiger partial charge < -0.3 is 10.6 Å². The summed E-state index contributed by atoms with van der Waals surface area (Å²) < 4.78 is 283. The summed E-state index contributed by atoms with van der Waals surface area (Å²) >= 11 is 0. The Morgan fingerprint density at radius 3 is 0.778 bits per heavy atom. The van der Waals surface area contributed by atoms with Crippen molar-refractivity contribution < 1.29 is 106 Å². The molecule has 0 unspecified atom stereocenters. The lowest BCUT2D eigenvalue weighted by Gasteiger charge is -2.36. The minimum absolute atomic E-state index is 0.253. The topological polar surface area (TPSA) is 58.2 Å². The van der Waals surface area contributed by atoms with Crippen LogP contribution in [-0.2, 0) is 9.59 Å². The molecular weight excluding hydrogens is 706 g/mol. The lowest BCUT2D eigenvalue weighted by atomic mass is 9.97. The van der Waals surface area contributed by atoms with Crippen LogP contribution in [0.1, 0.15) is 32.1 Å². The fourth-order valence-electron chi connectivity index (χ4n) is 2.84. The van der Waals surface area contributed by atoms with E-state index >= 15 is 0 Å². The van der Waals surface area contributed by atoms with Crippen molar-refractivity contribution in [3.63, 3.8) is 0 Å². The zero-order valence-corrected chi connectivity index (χ0v) is 21.1. The molecule has 0 aromatic carbocycles. The normalized spacial score (nSPS) is 15.2. The van der Waals surface area contributed by atoms with E-state index < -0.39 is 97.5 Å². The summed E-state index contributed by atoms with van der Waals surface area (Å²) in [5.74, 6) is -66.8. The first-order valence-electron chi connectivity index (χ1n) is 11.3. The van der Waals surface area contributed by atoms with E-state index in [1.807, 2.05) is 0 Å². The molecule has 0 radical (unpaired) electrons. The van der Waals surface area contributed by atoms with Gasteiger partial charge in [-0.1, -0.05) is 19.3 Å². The van der Waals surface area contributed by atoms with E-state index in [9.17, 15) is 106 Å². The lowest BCUT2D eigenvalue weighted by Crippen LogP contribution is -2.69. The average molecular weight is 722 g/mol. The van der Waals surface area contributed by atoms with E-state index in [2.05, 4.69) is 0 Å². The van der Waals surface area contributed by atoms with Crippen LogP contribution < -0.4 is 10.6 Å². The van der Waals surface area contributed by atoms with Crippen LogP contribution in [0.4, 0.5) is 96.6 Å². The summed E-state index contributed by atoms with van der Waals surface area (Å²) in [6.07, 6.45) is -17.0. The molecule has 0 aliphatic rings. The Balaban J connectivity index is 4.92. The van der Waals surface area contributed by atoms with Crippen LogP contribution in [0, 0.1) is 0 Å². The summed E-state index contributed by atoms with van der Waals surface area (Å²) in [7, 11) is 0. The Labute approximate surface area is 234 Å². The molecule has 2 N–H and O–H groups in total. The Hall–Kier alpha value is -2.60. The number of rotatable bonds is 16. The van der Waals surface area contributed by atoms with Crippen LogP contribution in [0.5, 0.6) is 0 Å². The second kappa shape index (κ2) is 12.9. The molecule has 0 rings (SSSR count). The summed E-state index contributed by atoms with van der Waals surface area (Å²) in [4.78, 5) is 22.4. The Morgan fingerprint density at radius 1 is 0.333 bits per heavy atom. The maximum Gasteiger partial charge on any atom is 0.460 e. The molecule has 0 saturated heterocycles. The molecule has 0 atom stereocenters. The number of carbonyl (C=O) groups excluding carboxylic acids is 2. The molecule has 0 aliphatic carbocycles. The molecule has 4 nitrogen and oxygen atoms in total. The van der Waals surface area contributed by atoms with Crippen LogP contribution in [0.15, 0.2) is 0 Å². The number of carbonyl (C=O) groups is 2. The van der Waals surface area contributed by atoms with Gasteiger partial charge >= 0.3 is 59.7 Å². The molecule has 45 heavy (non-hydrogen) atoms. The van der Waals surface area contributed by atoms with Gasteiger partial charge in [0, 0.05) is 13.1 Å². The fourth-order valence-corrected chi connectivity index (χ4v) is 2.84. The van der Waals surface area contributed by atoms with Crippen molar-refractivity contribution in [2.75, 3.05) is 13.1 Å². The summed E-state index contributed by atoms with van der Waals surface area (Å²) in [5, 5.41) is 1.69. The van der Waals surface area contributed by atoms with Crippen molar-refractivity contribution in [3.05, 3.63) is 0 Å². The van der Waals surface area contributed by atoms with Gasteiger partial charge in [-0.3, -0.25) is 9.59 Å². The number of amides is 2. The highest BCUT2D eigenvalue weighted by Crippen LogP contribution is 2.58. The van der Waals surface area contributed by atoms with E-state index in [0.29, 0.717) is 0 Å². The maximum absolute atomic E-state index is 13.5. The third-order valence-electron chi connectivity index (χ3n) is 5.57. The van der Waals surface area contributed by atoms with Crippen LogP contribution in [-0.4, -0.2) is 84.6 Å². The third kappa shape index (κ3) is 7.37. The number of unbranched alkanes of at least 4 members (excludes halogenated alkanes) is 4. The van der Waals surface area contributed by atoms with Crippen molar-refractivity contribution in [1.82, 2.24) is 10.6 Å². The molecule has 268 valence electrons. The number of hydrogen-bond donors (Lipinski definition) is 2. The zero-order chi connectivity index (χ0) is 36.5. The molecule has 2 amide bonds. The fraction of sp³-hybridized carbons (Fsp3) is 0.895. The number of hydrogen-bond acceptors (Lipinski definition) is 2. The summed E-state index contributed by atoms with van der Waals surface area (Å²) in [6.45, 7) is -2.30.